The third-order valence-electron chi connectivity index (χ3n) is 4.50. The first-order chi connectivity index (χ1) is 10.1. The van der Waals surface area contributed by atoms with Gasteiger partial charge in [-0.1, -0.05) is 13.8 Å². The maximum atomic E-state index is 4.77. The molecule has 0 aromatic rings. The molecule has 0 amide bonds. The second kappa shape index (κ2) is 9.93. The predicted octanol–water partition coefficient (Wildman–Crippen LogP) is 1.45. The van der Waals surface area contributed by atoms with Crippen molar-refractivity contribution in [1.82, 2.24) is 20.4 Å². The van der Waals surface area contributed by atoms with Crippen LogP contribution >= 0.6 is 24.0 Å². The number of nitrogens with one attached hydrogen (secondary N) is 2. The van der Waals surface area contributed by atoms with Gasteiger partial charge in [-0.05, 0) is 32.2 Å². The summed E-state index contributed by atoms with van der Waals surface area (Å²) in [4.78, 5) is 9.74. The minimum atomic E-state index is 0. The van der Waals surface area contributed by atoms with Gasteiger partial charge in [-0.25, -0.2) is 0 Å². The number of rotatable bonds is 6. The molecule has 2 N–H and O–H groups in total. The van der Waals surface area contributed by atoms with Gasteiger partial charge < -0.3 is 20.4 Å². The molecule has 2 rings (SSSR count). The molecule has 5 nitrogen and oxygen atoms in total. The van der Waals surface area contributed by atoms with Crippen molar-refractivity contribution < 1.29 is 0 Å². The zero-order valence-electron chi connectivity index (χ0n) is 14.6. The van der Waals surface area contributed by atoms with E-state index in [4.69, 9.17) is 4.99 Å². The lowest BCUT2D eigenvalue weighted by atomic mass is 10.1. The highest BCUT2D eigenvalue weighted by Crippen LogP contribution is 2.28. The summed E-state index contributed by atoms with van der Waals surface area (Å²) in [5.74, 6) is 2.41. The summed E-state index contributed by atoms with van der Waals surface area (Å²) < 4.78 is 0. The average Bonchev–Trinajstić information content (AvgIpc) is 3.14. The highest BCUT2D eigenvalue weighted by Gasteiger charge is 2.33. The van der Waals surface area contributed by atoms with E-state index in [0.29, 0.717) is 12.0 Å². The Hall–Kier alpha value is -0.0800. The van der Waals surface area contributed by atoms with Gasteiger partial charge in [0.15, 0.2) is 5.96 Å². The van der Waals surface area contributed by atoms with Gasteiger partial charge in [0.2, 0.25) is 0 Å². The van der Waals surface area contributed by atoms with E-state index in [2.05, 4.69) is 48.3 Å². The Morgan fingerprint density at radius 2 is 1.91 bits per heavy atom. The van der Waals surface area contributed by atoms with Gasteiger partial charge in [-0.15, -0.1) is 24.0 Å². The van der Waals surface area contributed by atoms with Crippen molar-refractivity contribution in [2.24, 2.45) is 16.8 Å². The molecule has 1 saturated carbocycles. The maximum absolute atomic E-state index is 4.77. The van der Waals surface area contributed by atoms with Crippen LogP contribution < -0.4 is 10.6 Å². The summed E-state index contributed by atoms with van der Waals surface area (Å²) in [5, 5.41) is 6.88. The number of aliphatic imine (C=N–C) groups is 1. The van der Waals surface area contributed by atoms with Crippen molar-refractivity contribution >= 4 is 29.9 Å². The summed E-state index contributed by atoms with van der Waals surface area (Å²) >= 11 is 0. The molecule has 2 aliphatic rings. The van der Waals surface area contributed by atoms with Gasteiger partial charge >= 0.3 is 0 Å². The third kappa shape index (κ3) is 7.00. The largest absolute Gasteiger partial charge is 0.357 e. The van der Waals surface area contributed by atoms with Gasteiger partial charge in [-0.3, -0.25) is 4.99 Å². The van der Waals surface area contributed by atoms with Crippen LogP contribution in [-0.2, 0) is 0 Å². The molecule has 6 heteroatoms. The number of likely N-dealkylation sites (N-methyl/N-ethyl adjacent to an activating group) is 1. The fourth-order valence-corrected chi connectivity index (χ4v) is 2.79. The minimum absolute atomic E-state index is 0. The monoisotopic (exact) mass is 423 g/mol. The number of nitrogens with zero attached hydrogens (tertiary/aromatic N) is 3. The molecule has 1 aliphatic heterocycles. The van der Waals surface area contributed by atoms with Crippen molar-refractivity contribution in [3.8, 4) is 0 Å². The molecule has 3 atom stereocenters. The molecule has 2 fully saturated rings. The first kappa shape index (κ1) is 20.0. The SMILES string of the molecule is CCNC(=NCC(C)CN1CCN(C)CC1)NC1CC1C.I. The van der Waals surface area contributed by atoms with E-state index in [-0.39, 0.29) is 24.0 Å². The standard InChI is InChI=1S/C16H33N5.HI/c1-5-17-16(19-15-10-14(15)3)18-11-13(2)12-21-8-6-20(4)7-9-21;/h13-15H,5-12H2,1-4H3,(H2,17,18,19);1H. The number of piperazine rings is 1. The molecule has 0 bridgehead atoms. The van der Waals surface area contributed by atoms with Gasteiger partial charge in [0, 0.05) is 51.9 Å². The van der Waals surface area contributed by atoms with Crippen LogP contribution in [0.15, 0.2) is 4.99 Å². The quantitative estimate of drug-likeness (QED) is 0.386. The number of halogens is 1. The Balaban J connectivity index is 0.00000242. The fraction of sp³-hybridized carbons (Fsp3) is 0.938. The summed E-state index contributed by atoms with van der Waals surface area (Å²) in [7, 11) is 2.21. The third-order valence-corrected chi connectivity index (χ3v) is 4.50. The van der Waals surface area contributed by atoms with Gasteiger partial charge in [-0.2, -0.15) is 0 Å². The number of hydrogen-bond acceptors (Lipinski definition) is 3. The maximum Gasteiger partial charge on any atom is 0.191 e. The Bertz CT molecular complexity index is 341. The highest BCUT2D eigenvalue weighted by atomic mass is 127. The molecule has 0 radical (unpaired) electrons. The van der Waals surface area contributed by atoms with Crippen LogP contribution in [0.25, 0.3) is 0 Å². The smallest absolute Gasteiger partial charge is 0.191 e. The molecule has 1 heterocycles. The zero-order valence-corrected chi connectivity index (χ0v) is 17.0. The first-order valence-electron chi connectivity index (χ1n) is 8.54. The van der Waals surface area contributed by atoms with Crippen LogP contribution in [0, 0.1) is 11.8 Å². The predicted molar refractivity (Wildman–Crippen MR) is 105 cm³/mol. The molecular formula is C16H34IN5. The van der Waals surface area contributed by atoms with E-state index >= 15 is 0 Å². The van der Waals surface area contributed by atoms with Crippen molar-refractivity contribution in [3.05, 3.63) is 0 Å². The molecule has 1 saturated heterocycles. The lowest BCUT2D eigenvalue weighted by molar-refractivity contribution is 0.140. The van der Waals surface area contributed by atoms with Crippen LogP contribution in [0.2, 0.25) is 0 Å². The summed E-state index contributed by atoms with van der Waals surface area (Å²) in [6, 6.07) is 0.635. The molecular weight excluding hydrogens is 389 g/mol. The van der Waals surface area contributed by atoms with E-state index in [0.717, 1.165) is 31.5 Å². The molecule has 0 aromatic heterocycles. The van der Waals surface area contributed by atoms with Crippen molar-refractivity contribution in [3.63, 3.8) is 0 Å². The van der Waals surface area contributed by atoms with E-state index in [1.54, 1.807) is 0 Å². The Morgan fingerprint density at radius 3 is 2.45 bits per heavy atom. The minimum Gasteiger partial charge on any atom is -0.357 e. The molecule has 0 spiro atoms. The number of guanidine groups is 1. The van der Waals surface area contributed by atoms with Crippen LogP contribution in [0.4, 0.5) is 0 Å². The second-order valence-corrected chi connectivity index (χ2v) is 6.89. The summed E-state index contributed by atoms with van der Waals surface area (Å²) in [6.07, 6.45) is 1.28. The van der Waals surface area contributed by atoms with Crippen molar-refractivity contribution in [2.45, 2.75) is 33.2 Å². The Morgan fingerprint density at radius 1 is 1.27 bits per heavy atom. The van der Waals surface area contributed by atoms with Crippen LogP contribution in [0.3, 0.4) is 0 Å². The van der Waals surface area contributed by atoms with E-state index < -0.39 is 0 Å². The number of hydrogen-bond donors (Lipinski definition) is 2. The van der Waals surface area contributed by atoms with Gasteiger partial charge in [0.25, 0.3) is 0 Å². The highest BCUT2D eigenvalue weighted by molar-refractivity contribution is 14.0. The Kier molecular flexibility index (Phi) is 9.01. The molecule has 3 unspecified atom stereocenters. The summed E-state index contributed by atoms with van der Waals surface area (Å²) in [5.41, 5.74) is 0. The Labute approximate surface area is 153 Å². The molecule has 22 heavy (non-hydrogen) atoms. The molecule has 130 valence electrons. The van der Waals surface area contributed by atoms with Crippen LogP contribution in [0.1, 0.15) is 27.2 Å². The van der Waals surface area contributed by atoms with Crippen molar-refractivity contribution in [1.29, 1.82) is 0 Å². The van der Waals surface area contributed by atoms with Crippen LogP contribution in [-0.4, -0.2) is 74.7 Å². The second-order valence-electron chi connectivity index (χ2n) is 6.89. The topological polar surface area (TPSA) is 42.9 Å². The lowest BCUT2D eigenvalue weighted by Gasteiger charge is -2.33. The fourth-order valence-electron chi connectivity index (χ4n) is 2.79. The lowest BCUT2D eigenvalue weighted by Crippen LogP contribution is -2.46. The normalized spacial score (nSPS) is 27.9. The zero-order chi connectivity index (χ0) is 15.2. The van der Waals surface area contributed by atoms with E-state index in [1.807, 2.05) is 0 Å². The van der Waals surface area contributed by atoms with E-state index in [1.165, 1.54) is 32.6 Å². The average molecular weight is 423 g/mol. The molecule has 0 aromatic carbocycles. The first-order valence-corrected chi connectivity index (χ1v) is 8.54. The van der Waals surface area contributed by atoms with Crippen LogP contribution in [0.5, 0.6) is 0 Å². The molecule has 1 aliphatic carbocycles. The van der Waals surface area contributed by atoms with Gasteiger partial charge in [0.05, 0.1) is 0 Å². The summed E-state index contributed by atoms with van der Waals surface area (Å²) in [6.45, 7) is 14.5. The van der Waals surface area contributed by atoms with E-state index in [9.17, 15) is 0 Å². The van der Waals surface area contributed by atoms with Crippen molar-refractivity contribution in [2.75, 3.05) is 52.9 Å². The van der Waals surface area contributed by atoms with Gasteiger partial charge in [0.1, 0.15) is 0 Å².